The number of hydrogen-bond acceptors (Lipinski definition) is 6. The number of H-pyrrole nitrogens is 1. The van der Waals surface area contributed by atoms with Crippen LogP contribution in [0.5, 0.6) is 5.88 Å². The van der Waals surface area contributed by atoms with Crippen molar-refractivity contribution in [2.24, 2.45) is 0 Å². The summed E-state index contributed by atoms with van der Waals surface area (Å²) in [5.41, 5.74) is 13.7. The molecule has 0 aliphatic heterocycles. The van der Waals surface area contributed by atoms with Crippen molar-refractivity contribution in [3.05, 3.63) is 48.2 Å². The predicted molar refractivity (Wildman–Crippen MR) is 79.2 cm³/mol. The van der Waals surface area contributed by atoms with Gasteiger partial charge in [-0.15, -0.1) is 5.10 Å². The summed E-state index contributed by atoms with van der Waals surface area (Å²) in [7, 11) is 0. The molecule has 0 radical (unpaired) electrons. The fourth-order valence-electron chi connectivity index (χ4n) is 1.86. The number of aromatic nitrogens is 4. The Labute approximate surface area is 121 Å². The van der Waals surface area contributed by atoms with Gasteiger partial charge in [-0.2, -0.15) is 4.98 Å². The Morgan fingerprint density at radius 1 is 1.14 bits per heavy atom. The van der Waals surface area contributed by atoms with Crippen molar-refractivity contribution < 1.29 is 4.74 Å². The Hall–Kier alpha value is -3.09. The third kappa shape index (κ3) is 2.92. The van der Waals surface area contributed by atoms with Gasteiger partial charge in [0.2, 0.25) is 11.8 Å². The molecule has 0 atom stereocenters. The van der Waals surface area contributed by atoms with E-state index in [1.807, 2.05) is 30.3 Å². The average molecular weight is 282 g/mol. The van der Waals surface area contributed by atoms with Gasteiger partial charge in [0.15, 0.2) is 0 Å². The topological polar surface area (TPSA) is 116 Å². The molecule has 3 aromatic rings. The van der Waals surface area contributed by atoms with Crippen molar-refractivity contribution in [2.45, 2.75) is 6.61 Å². The minimum absolute atomic E-state index is 0.135. The lowest BCUT2D eigenvalue weighted by molar-refractivity contribution is 0.293. The molecule has 0 saturated heterocycles. The van der Waals surface area contributed by atoms with Crippen LogP contribution in [0.25, 0.3) is 11.3 Å². The molecule has 2 heterocycles. The lowest BCUT2D eigenvalue weighted by Crippen LogP contribution is -2.01. The zero-order valence-electron chi connectivity index (χ0n) is 11.2. The standard InChI is InChI=1S/C14H14N6O/c15-13-10(7-17-14(16)18-13)11-6-12(20-19-11)21-8-9-4-2-1-3-5-9/h1-7H,8H2,(H,19,20)(H4,15,16,17,18). The molecule has 0 aliphatic carbocycles. The van der Waals surface area contributed by atoms with E-state index in [1.165, 1.54) is 0 Å². The number of nitrogens with two attached hydrogens (primary N) is 2. The second-order valence-electron chi connectivity index (χ2n) is 4.42. The van der Waals surface area contributed by atoms with Crippen LogP contribution in [0.2, 0.25) is 0 Å². The van der Waals surface area contributed by atoms with Crippen LogP contribution < -0.4 is 16.2 Å². The van der Waals surface area contributed by atoms with Gasteiger partial charge in [-0.25, -0.2) is 4.98 Å². The van der Waals surface area contributed by atoms with E-state index in [0.717, 1.165) is 5.56 Å². The third-order valence-electron chi connectivity index (χ3n) is 2.91. The summed E-state index contributed by atoms with van der Waals surface area (Å²) in [6.07, 6.45) is 1.55. The van der Waals surface area contributed by atoms with Gasteiger partial charge in [0.05, 0.1) is 11.3 Å². The number of anilines is 2. The number of rotatable bonds is 4. The third-order valence-corrected chi connectivity index (χ3v) is 2.91. The molecule has 0 spiro atoms. The first kappa shape index (κ1) is 12.9. The molecule has 2 aromatic heterocycles. The van der Waals surface area contributed by atoms with Crippen molar-refractivity contribution in [1.29, 1.82) is 0 Å². The van der Waals surface area contributed by atoms with Crippen molar-refractivity contribution in [3.8, 4) is 17.1 Å². The quantitative estimate of drug-likeness (QED) is 0.669. The molecule has 0 fully saturated rings. The van der Waals surface area contributed by atoms with Crippen molar-refractivity contribution in [1.82, 2.24) is 20.2 Å². The minimum atomic E-state index is 0.135. The van der Waals surface area contributed by atoms with Gasteiger partial charge >= 0.3 is 0 Å². The first-order chi connectivity index (χ1) is 10.2. The predicted octanol–water partition coefficient (Wildman–Crippen LogP) is 1.61. The normalized spacial score (nSPS) is 10.5. The van der Waals surface area contributed by atoms with Crippen LogP contribution in [0, 0.1) is 0 Å². The molecule has 7 nitrogen and oxygen atoms in total. The minimum Gasteiger partial charge on any atom is -0.472 e. The van der Waals surface area contributed by atoms with E-state index in [0.29, 0.717) is 29.6 Å². The van der Waals surface area contributed by atoms with Gasteiger partial charge in [-0.05, 0) is 5.56 Å². The van der Waals surface area contributed by atoms with Gasteiger partial charge < -0.3 is 16.2 Å². The zero-order chi connectivity index (χ0) is 14.7. The van der Waals surface area contributed by atoms with Gasteiger partial charge in [0.25, 0.3) is 0 Å². The largest absolute Gasteiger partial charge is 0.472 e. The maximum Gasteiger partial charge on any atom is 0.233 e. The summed E-state index contributed by atoms with van der Waals surface area (Å²) < 4.78 is 5.61. The summed E-state index contributed by atoms with van der Waals surface area (Å²) in [6.45, 7) is 0.443. The monoisotopic (exact) mass is 282 g/mol. The highest BCUT2D eigenvalue weighted by atomic mass is 16.5. The van der Waals surface area contributed by atoms with E-state index < -0.39 is 0 Å². The van der Waals surface area contributed by atoms with Gasteiger partial charge in [-0.3, -0.25) is 5.10 Å². The maximum atomic E-state index is 5.81. The van der Waals surface area contributed by atoms with Gasteiger partial charge in [0.1, 0.15) is 12.4 Å². The summed E-state index contributed by atoms with van der Waals surface area (Å²) >= 11 is 0. The van der Waals surface area contributed by atoms with E-state index >= 15 is 0 Å². The molecular formula is C14H14N6O. The molecule has 21 heavy (non-hydrogen) atoms. The van der Waals surface area contributed by atoms with Crippen molar-refractivity contribution in [2.75, 3.05) is 11.5 Å². The molecule has 0 bridgehead atoms. The molecule has 5 N–H and O–H groups in total. The van der Waals surface area contributed by atoms with Crippen molar-refractivity contribution >= 4 is 11.8 Å². The number of ether oxygens (including phenoxy) is 1. The van der Waals surface area contributed by atoms with Crippen LogP contribution in [-0.4, -0.2) is 20.2 Å². The summed E-state index contributed by atoms with van der Waals surface area (Å²) in [5.74, 6) is 0.905. The molecular weight excluding hydrogens is 268 g/mol. The highest BCUT2D eigenvalue weighted by molar-refractivity contribution is 5.71. The Balaban J connectivity index is 1.74. The first-order valence-electron chi connectivity index (χ1n) is 6.33. The van der Waals surface area contributed by atoms with Gasteiger partial charge in [-0.1, -0.05) is 30.3 Å². The zero-order valence-corrected chi connectivity index (χ0v) is 11.2. The lowest BCUT2D eigenvalue weighted by atomic mass is 10.2. The van der Waals surface area contributed by atoms with Crippen LogP contribution in [0.3, 0.4) is 0 Å². The number of nitrogens with zero attached hydrogens (tertiary/aromatic N) is 3. The second-order valence-corrected chi connectivity index (χ2v) is 4.42. The fourth-order valence-corrected chi connectivity index (χ4v) is 1.86. The summed E-state index contributed by atoms with van der Waals surface area (Å²) in [6, 6.07) is 11.6. The van der Waals surface area contributed by atoms with E-state index in [1.54, 1.807) is 12.3 Å². The molecule has 0 amide bonds. The molecule has 106 valence electrons. The number of nitrogens with one attached hydrogen (secondary N) is 1. The summed E-state index contributed by atoms with van der Waals surface area (Å²) in [4.78, 5) is 7.83. The molecule has 0 saturated carbocycles. The highest BCUT2D eigenvalue weighted by Crippen LogP contribution is 2.25. The van der Waals surface area contributed by atoms with E-state index in [-0.39, 0.29) is 5.95 Å². The maximum absolute atomic E-state index is 5.81. The molecule has 0 aliphatic rings. The summed E-state index contributed by atoms with van der Waals surface area (Å²) in [5, 5.41) is 6.92. The smallest absolute Gasteiger partial charge is 0.233 e. The Bertz CT molecular complexity index is 740. The highest BCUT2D eigenvalue weighted by Gasteiger charge is 2.09. The van der Waals surface area contributed by atoms with Crippen molar-refractivity contribution in [3.63, 3.8) is 0 Å². The van der Waals surface area contributed by atoms with Crippen LogP contribution in [0.4, 0.5) is 11.8 Å². The van der Waals surface area contributed by atoms with E-state index in [9.17, 15) is 0 Å². The van der Waals surface area contributed by atoms with Crippen LogP contribution in [0.1, 0.15) is 5.56 Å². The molecule has 7 heteroatoms. The Morgan fingerprint density at radius 2 is 1.95 bits per heavy atom. The van der Waals surface area contributed by atoms with E-state index in [4.69, 9.17) is 16.2 Å². The van der Waals surface area contributed by atoms with Crippen LogP contribution in [0.15, 0.2) is 42.6 Å². The SMILES string of the molecule is Nc1ncc(-c2cc(OCc3ccccc3)n[nH]2)c(N)n1. The second kappa shape index (κ2) is 5.49. The van der Waals surface area contributed by atoms with Gasteiger partial charge in [0, 0.05) is 12.3 Å². The fraction of sp³-hybridized carbons (Fsp3) is 0.0714. The Morgan fingerprint density at radius 3 is 2.71 bits per heavy atom. The Kier molecular flexibility index (Phi) is 3.38. The molecule has 3 rings (SSSR count). The van der Waals surface area contributed by atoms with Crippen LogP contribution in [-0.2, 0) is 6.61 Å². The van der Waals surface area contributed by atoms with E-state index in [2.05, 4.69) is 20.2 Å². The lowest BCUT2D eigenvalue weighted by Gasteiger charge is -2.02. The number of hydrogen-bond donors (Lipinski definition) is 3. The van der Waals surface area contributed by atoms with Crippen LogP contribution >= 0.6 is 0 Å². The number of benzene rings is 1. The molecule has 1 aromatic carbocycles. The first-order valence-corrected chi connectivity index (χ1v) is 6.33. The average Bonchev–Trinajstić information content (AvgIpc) is 2.95. The number of aromatic amines is 1. The number of nitrogen functional groups attached to an aromatic ring is 2. The molecule has 0 unspecified atom stereocenters.